The Morgan fingerprint density at radius 2 is 1.75 bits per heavy atom. The molecule has 1 aromatic heterocycles. The molecule has 190 valence electrons. The van der Waals surface area contributed by atoms with Crippen molar-refractivity contribution in [3.8, 4) is 28.6 Å². The highest BCUT2D eigenvalue weighted by Gasteiger charge is 2.36. The van der Waals surface area contributed by atoms with Crippen LogP contribution in [0.1, 0.15) is 38.3 Å². The molecule has 2 aromatic carbocycles. The molecule has 1 N–H and O–H groups in total. The molecule has 0 saturated heterocycles. The third kappa shape index (κ3) is 4.71. The van der Waals surface area contributed by atoms with Gasteiger partial charge in [-0.2, -0.15) is 4.98 Å². The van der Waals surface area contributed by atoms with Gasteiger partial charge in [0.1, 0.15) is 0 Å². The first-order valence-corrected chi connectivity index (χ1v) is 11.5. The third-order valence-corrected chi connectivity index (χ3v) is 5.95. The van der Waals surface area contributed by atoms with Gasteiger partial charge in [-0.05, 0) is 48.7 Å². The number of amides is 2. The van der Waals surface area contributed by atoms with Gasteiger partial charge >= 0.3 is 6.03 Å². The van der Waals surface area contributed by atoms with Crippen molar-refractivity contribution >= 4 is 11.6 Å². The topological polar surface area (TPSA) is 99.0 Å². The van der Waals surface area contributed by atoms with Crippen molar-refractivity contribution < 1.29 is 27.9 Å². The number of rotatable bonds is 8. The van der Waals surface area contributed by atoms with Gasteiger partial charge in [0.05, 0.1) is 32.9 Å². The van der Waals surface area contributed by atoms with Crippen LogP contribution in [0.2, 0.25) is 0 Å². The highest BCUT2D eigenvalue weighted by atomic mass is 19.1. The summed E-state index contributed by atoms with van der Waals surface area (Å²) in [5, 5.41) is 7.14. The number of urea groups is 1. The first-order chi connectivity index (χ1) is 17.3. The Morgan fingerprint density at radius 3 is 2.39 bits per heavy atom. The second kappa shape index (κ2) is 10.3. The van der Waals surface area contributed by atoms with Gasteiger partial charge in [0.2, 0.25) is 5.82 Å². The highest BCUT2D eigenvalue weighted by Crippen LogP contribution is 2.40. The van der Waals surface area contributed by atoms with Crippen LogP contribution in [0.3, 0.4) is 0 Å². The minimum Gasteiger partial charge on any atom is -0.494 e. The smallest absolute Gasteiger partial charge is 0.322 e. The number of ether oxygens (including phenoxy) is 3. The summed E-state index contributed by atoms with van der Waals surface area (Å²) in [6, 6.07) is 9.02. The number of carbonyl (C=O) groups excluding carboxylic acids is 1. The fourth-order valence-corrected chi connectivity index (χ4v) is 4.18. The minimum atomic E-state index is -0.596. The molecule has 3 aromatic rings. The largest absolute Gasteiger partial charge is 0.494 e. The summed E-state index contributed by atoms with van der Waals surface area (Å²) >= 11 is 0. The van der Waals surface area contributed by atoms with E-state index >= 15 is 0 Å². The maximum atomic E-state index is 14.3. The van der Waals surface area contributed by atoms with E-state index in [1.807, 2.05) is 26.8 Å². The molecule has 9 nitrogen and oxygen atoms in total. The summed E-state index contributed by atoms with van der Waals surface area (Å²) in [5.41, 5.74) is 2.50. The van der Waals surface area contributed by atoms with Crippen LogP contribution in [-0.4, -0.2) is 48.9 Å². The lowest BCUT2D eigenvalue weighted by Crippen LogP contribution is -2.47. The number of hydrogen-bond acceptors (Lipinski definition) is 7. The molecule has 36 heavy (non-hydrogen) atoms. The standard InChI is InChI=1S/C26H29FN4O5/c1-14(2)13-31-15(3)22(23(28-26(31)32)16-7-10-20(34-5)21(12-16)35-6)25-29-24(30-36-25)17-8-9-19(33-4)18(27)11-17/h7-12,14,23H,13H2,1-6H3,(H,28,32). The Morgan fingerprint density at radius 1 is 1.06 bits per heavy atom. The second-order valence-electron chi connectivity index (χ2n) is 8.77. The molecule has 0 fully saturated rings. The number of hydrogen-bond donors (Lipinski definition) is 1. The lowest BCUT2D eigenvalue weighted by atomic mass is 9.94. The monoisotopic (exact) mass is 496 g/mol. The molecule has 1 atom stereocenters. The number of carbonyl (C=O) groups is 1. The molecule has 4 rings (SSSR count). The summed E-state index contributed by atoms with van der Waals surface area (Å²) in [7, 11) is 4.50. The lowest BCUT2D eigenvalue weighted by Gasteiger charge is -2.36. The zero-order valence-corrected chi connectivity index (χ0v) is 21.1. The van der Waals surface area contributed by atoms with Crippen LogP contribution in [0.25, 0.3) is 17.0 Å². The average molecular weight is 497 g/mol. The second-order valence-corrected chi connectivity index (χ2v) is 8.77. The lowest BCUT2D eigenvalue weighted by molar-refractivity contribution is 0.199. The van der Waals surface area contributed by atoms with Crippen molar-refractivity contribution in [1.29, 1.82) is 0 Å². The van der Waals surface area contributed by atoms with Crippen molar-refractivity contribution in [1.82, 2.24) is 20.4 Å². The van der Waals surface area contributed by atoms with Gasteiger partial charge in [-0.3, -0.25) is 4.90 Å². The predicted octanol–water partition coefficient (Wildman–Crippen LogP) is 5.06. The van der Waals surface area contributed by atoms with E-state index in [-0.39, 0.29) is 29.4 Å². The number of methoxy groups -OCH3 is 3. The van der Waals surface area contributed by atoms with Gasteiger partial charge in [-0.15, -0.1) is 0 Å². The highest BCUT2D eigenvalue weighted by molar-refractivity contribution is 5.87. The van der Waals surface area contributed by atoms with E-state index in [0.29, 0.717) is 34.9 Å². The zero-order chi connectivity index (χ0) is 26.0. The average Bonchev–Trinajstić information content (AvgIpc) is 3.35. The number of nitrogens with zero attached hydrogens (tertiary/aromatic N) is 3. The first-order valence-electron chi connectivity index (χ1n) is 11.5. The summed E-state index contributed by atoms with van der Waals surface area (Å²) in [5.74, 6) is 1.32. The SMILES string of the molecule is COc1ccc(-c2noc(C3=C(C)N(CC(C)C)C(=O)NC3c3ccc(OC)c(OC)c3)n2)cc1F. The van der Waals surface area contributed by atoms with E-state index in [4.69, 9.17) is 18.7 Å². The molecule has 2 heterocycles. The molecule has 1 unspecified atom stereocenters. The van der Waals surface area contributed by atoms with Gasteiger partial charge in [0, 0.05) is 17.8 Å². The molecule has 1 aliphatic rings. The third-order valence-electron chi connectivity index (χ3n) is 5.95. The number of nitrogens with one attached hydrogen (secondary N) is 1. The van der Waals surface area contributed by atoms with Crippen molar-refractivity contribution in [2.75, 3.05) is 27.9 Å². The van der Waals surface area contributed by atoms with Crippen LogP contribution in [0.15, 0.2) is 46.6 Å². The molecular formula is C26H29FN4O5. The fourth-order valence-electron chi connectivity index (χ4n) is 4.18. The molecule has 0 bridgehead atoms. The molecule has 1 aliphatic heterocycles. The van der Waals surface area contributed by atoms with Crippen molar-refractivity contribution in [2.45, 2.75) is 26.8 Å². The molecule has 0 aliphatic carbocycles. The Balaban J connectivity index is 1.82. The number of allylic oxidation sites excluding steroid dienone is 1. The molecular weight excluding hydrogens is 467 g/mol. The summed E-state index contributed by atoms with van der Waals surface area (Å²) in [4.78, 5) is 19.3. The van der Waals surface area contributed by atoms with E-state index in [0.717, 1.165) is 5.56 Å². The van der Waals surface area contributed by atoms with Gasteiger partial charge in [0.15, 0.2) is 23.1 Å². The molecule has 0 saturated carbocycles. The summed E-state index contributed by atoms with van der Waals surface area (Å²) in [6.07, 6.45) is 0. The summed E-state index contributed by atoms with van der Waals surface area (Å²) < 4.78 is 35.8. The van der Waals surface area contributed by atoms with E-state index in [1.54, 1.807) is 37.3 Å². The van der Waals surface area contributed by atoms with E-state index in [2.05, 4.69) is 15.5 Å². The normalized spacial score (nSPS) is 15.8. The van der Waals surface area contributed by atoms with Crippen LogP contribution in [0.4, 0.5) is 9.18 Å². The van der Waals surface area contributed by atoms with Crippen LogP contribution >= 0.6 is 0 Å². The Hall–Kier alpha value is -4.08. The quantitative estimate of drug-likeness (QED) is 0.466. The zero-order valence-electron chi connectivity index (χ0n) is 21.1. The molecule has 0 spiro atoms. The maximum Gasteiger partial charge on any atom is 0.322 e. The molecule has 10 heteroatoms. The summed E-state index contributed by atoms with van der Waals surface area (Å²) in [6.45, 7) is 6.42. The Kier molecular flexibility index (Phi) is 7.14. The van der Waals surface area contributed by atoms with Gasteiger partial charge in [0.25, 0.3) is 5.89 Å². The van der Waals surface area contributed by atoms with Gasteiger partial charge < -0.3 is 24.1 Å². The number of halogens is 1. The number of benzene rings is 2. The van der Waals surface area contributed by atoms with Crippen molar-refractivity contribution in [3.63, 3.8) is 0 Å². The van der Waals surface area contributed by atoms with Crippen LogP contribution < -0.4 is 19.5 Å². The van der Waals surface area contributed by atoms with Crippen LogP contribution in [0, 0.1) is 11.7 Å². The first kappa shape index (κ1) is 25.0. The van der Waals surface area contributed by atoms with Crippen molar-refractivity contribution in [3.05, 3.63) is 59.4 Å². The van der Waals surface area contributed by atoms with Crippen LogP contribution in [-0.2, 0) is 0 Å². The molecule has 0 radical (unpaired) electrons. The predicted molar refractivity (Wildman–Crippen MR) is 131 cm³/mol. The van der Waals surface area contributed by atoms with Crippen LogP contribution in [0.5, 0.6) is 17.2 Å². The Bertz CT molecular complexity index is 1300. The van der Waals surface area contributed by atoms with E-state index in [1.165, 1.54) is 19.2 Å². The minimum absolute atomic E-state index is 0.119. The number of aromatic nitrogens is 2. The fraction of sp³-hybridized carbons (Fsp3) is 0.346. The van der Waals surface area contributed by atoms with E-state index in [9.17, 15) is 9.18 Å². The van der Waals surface area contributed by atoms with Gasteiger partial charge in [-0.1, -0.05) is 25.1 Å². The molecule has 2 amide bonds. The van der Waals surface area contributed by atoms with E-state index < -0.39 is 11.9 Å². The van der Waals surface area contributed by atoms with Crippen molar-refractivity contribution in [2.24, 2.45) is 5.92 Å². The Labute approximate surface area is 208 Å². The maximum absolute atomic E-state index is 14.3. The van der Waals surface area contributed by atoms with Gasteiger partial charge in [-0.25, -0.2) is 9.18 Å².